The number of ether oxygens (including phenoxy) is 1. The molecule has 0 saturated heterocycles. The van der Waals surface area contributed by atoms with Crippen LogP contribution < -0.4 is 11.1 Å². The van der Waals surface area contributed by atoms with Crippen LogP contribution in [0.3, 0.4) is 0 Å². The summed E-state index contributed by atoms with van der Waals surface area (Å²) in [5, 5.41) is 2.58. The SMILES string of the molecule is Nc1ccc(F)cc1NC(=O)COC1CCCCCC1. The normalized spacial score (nSPS) is 16.6. The summed E-state index contributed by atoms with van der Waals surface area (Å²) in [6.07, 6.45) is 6.97. The van der Waals surface area contributed by atoms with Crippen molar-refractivity contribution < 1.29 is 13.9 Å². The van der Waals surface area contributed by atoms with E-state index in [0.29, 0.717) is 11.4 Å². The van der Waals surface area contributed by atoms with Crippen molar-refractivity contribution in [1.82, 2.24) is 0 Å². The number of hydrogen-bond acceptors (Lipinski definition) is 3. The summed E-state index contributed by atoms with van der Waals surface area (Å²) in [4.78, 5) is 11.8. The highest BCUT2D eigenvalue weighted by atomic mass is 19.1. The molecule has 1 aromatic rings. The summed E-state index contributed by atoms with van der Waals surface area (Å²) in [5.74, 6) is -0.731. The molecule has 110 valence electrons. The highest BCUT2D eigenvalue weighted by Gasteiger charge is 2.14. The molecule has 0 bridgehead atoms. The first-order valence-corrected chi connectivity index (χ1v) is 7.11. The molecule has 1 fully saturated rings. The minimum absolute atomic E-state index is 0.0133. The van der Waals surface area contributed by atoms with Gasteiger partial charge in [-0.2, -0.15) is 0 Å². The second-order valence-electron chi connectivity index (χ2n) is 5.20. The quantitative estimate of drug-likeness (QED) is 0.658. The lowest BCUT2D eigenvalue weighted by Gasteiger charge is -2.15. The Kier molecular flexibility index (Phi) is 5.35. The largest absolute Gasteiger partial charge is 0.397 e. The highest BCUT2D eigenvalue weighted by Crippen LogP contribution is 2.21. The number of benzene rings is 1. The van der Waals surface area contributed by atoms with Gasteiger partial charge in [0.1, 0.15) is 12.4 Å². The first kappa shape index (κ1) is 14.8. The van der Waals surface area contributed by atoms with Gasteiger partial charge < -0.3 is 15.8 Å². The topological polar surface area (TPSA) is 64.3 Å². The summed E-state index contributed by atoms with van der Waals surface area (Å²) < 4.78 is 18.7. The molecule has 0 atom stereocenters. The van der Waals surface area contributed by atoms with E-state index in [0.717, 1.165) is 25.7 Å². The Hall–Kier alpha value is -1.62. The number of rotatable bonds is 4. The van der Waals surface area contributed by atoms with E-state index in [-0.39, 0.29) is 18.6 Å². The Balaban J connectivity index is 1.81. The minimum Gasteiger partial charge on any atom is -0.397 e. The smallest absolute Gasteiger partial charge is 0.250 e. The Bertz CT molecular complexity index is 457. The van der Waals surface area contributed by atoms with Crippen molar-refractivity contribution in [1.29, 1.82) is 0 Å². The molecule has 1 amide bonds. The van der Waals surface area contributed by atoms with Crippen molar-refractivity contribution in [3.05, 3.63) is 24.0 Å². The molecule has 0 heterocycles. The van der Waals surface area contributed by atoms with Crippen molar-refractivity contribution in [2.75, 3.05) is 17.7 Å². The highest BCUT2D eigenvalue weighted by molar-refractivity contribution is 5.94. The molecule has 0 unspecified atom stereocenters. The fourth-order valence-corrected chi connectivity index (χ4v) is 2.43. The van der Waals surface area contributed by atoms with Crippen molar-refractivity contribution in [3.8, 4) is 0 Å². The van der Waals surface area contributed by atoms with Gasteiger partial charge in [0.15, 0.2) is 0 Å². The lowest BCUT2D eigenvalue weighted by Crippen LogP contribution is -2.23. The van der Waals surface area contributed by atoms with Crippen LogP contribution in [0.1, 0.15) is 38.5 Å². The van der Waals surface area contributed by atoms with Crippen LogP contribution >= 0.6 is 0 Å². The molecule has 1 aromatic carbocycles. The molecule has 0 radical (unpaired) electrons. The van der Waals surface area contributed by atoms with Gasteiger partial charge in [-0.15, -0.1) is 0 Å². The molecule has 0 aliphatic heterocycles. The van der Waals surface area contributed by atoms with Crippen LogP contribution in [0.15, 0.2) is 18.2 Å². The summed E-state index contributed by atoms with van der Waals surface area (Å²) in [7, 11) is 0. The first-order valence-electron chi connectivity index (χ1n) is 7.11. The van der Waals surface area contributed by atoms with E-state index in [1.54, 1.807) is 0 Å². The average molecular weight is 280 g/mol. The zero-order valence-corrected chi connectivity index (χ0v) is 11.5. The number of nitrogen functional groups attached to an aromatic ring is 1. The third kappa shape index (κ3) is 4.49. The Labute approximate surface area is 118 Å². The fourth-order valence-electron chi connectivity index (χ4n) is 2.43. The molecule has 0 spiro atoms. The maximum atomic E-state index is 13.1. The van der Waals surface area contributed by atoms with Gasteiger partial charge in [-0.05, 0) is 31.0 Å². The van der Waals surface area contributed by atoms with Crippen LogP contribution in [-0.2, 0) is 9.53 Å². The van der Waals surface area contributed by atoms with Gasteiger partial charge in [0, 0.05) is 0 Å². The molecule has 2 rings (SSSR count). The van der Waals surface area contributed by atoms with E-state index in [1.165, 1.54) is 31.0 Å². The summed E-state index contributed by atoms with van der Waals surface area (Å²) in [6, 6.07) is 3.89. The van der Waals surface area contributed by atoms with E-state index in [4.69, 9.17) is 10.5 Å². The Morgan fingerprint density at radius 1 is 1.30 bits per heavy atom. The van der Waals surface area contributed by atoms with Crippen molar-refractivity contribution in [3.63, 3.8) is 0 Å². The predicted octanol–water partition coefficient (Wildman–Crippen LogP) is 3.09. The zero-order valence-electron chi connectivity index (χ0n) is 11.5. The van der Waals surface area contributed by atoms with Gasteiger partial charge >= 0.3 is 0 Å². The third-order valence-corrected chi connectivity index (χ3v) is 3.54. The summed E-state index contributed by atoms with van der Waals surface area (Å²) in [6.45, 7) is -0.0133. The average Bonchev–Trinajstić information content (AvgIpc) is 2.69. The van der Waals surface area contributed by atoms with Crippen LogP contribution in [0, 0.1) is 5.82 Å². The van der Waals surface area contributed by atoms with Gasteiger partial charge in [0.05, 0.1) is 17.5 Å². The van der Waals surface area contributed by atoms with Gasteiger partial charge in [0.25, 0.3) is 0 Å². The molecular formula is C15H21FN2O2. The lowest BCUT2D eigenvalue weighted by molar-refractivity contribution is -0.122. The van der Waals surface area contributed by atoms with Crippen molar-refractivity contribution in [2.45, 2.75) is 44.6 Å². The van der Waals surface area contributed by atoms with Crippen LogP contribution in [-0.4, -0.2) is 18.6 Å². The van der Waals surface area contributed by atoms with E-state index in [1.807, 2.05) is 0 Å². The van der Waals surface area contributed by atoms with E-state index < -0.39 is 5.82 Å². The summed E-state index contributed by atoms with van der Waals surface area (Å²) in [5.41, 5.74) is 6.31. The number of carbonyl (C=O) groups excluding carboxylic acids is 1. The van der Waals surface area contributed by atoms with Gasteiger partial charge in [-0.3, -0.25) is 4.79 Å². The zero-order chi connectivity index (χ0) is 14.4. The minimum atomic E-state index is -0.431. The van der Waals surface area contributed by atoms with Gasteiger partial charge in [0.2, 0.25) is 5.91 Å². The molecule has 1 aliphatic rings. The van der Waals surface area contributed by atoms with Gasteiger partial charge in [-0.1, -0.05) is 25.7 Å². The lowest BCUT2D eigenvalue weighted by atomic mass is 10.1. The van der Waals surface area contributed by atoms with Crippen LogP contribution in [0.2, 0.25) is 0 Å². The number of nitrogens with two attached hydrogens (primary N) is 1. The second-order valence-corrected chi connectivity index (χ2v) is 5.20. The molecule has 0 aromatic heterocycles. The molecule has 20 heavy (non-hydrogen) atoms. The monoisotopic (exact) mass is 280 g/mol. The molecule has 4 nitrogen and oxygen atoms in total. The van der Waals surface area contributed by atoms with Crippen LogP contribution in [0.4, 0.5) is 15.8 Å². The predicted molar refractivity (Wildman–Crippen MR) is 76.9 cm³/mol. The molecule has 3 N–H and O–H groups in total. The number of amides is 1. The maximum Gasteiger partial charge on any atom is 0.250 e. The van der Waals surface area contributed by atoms with Crippen LogP contribution in [0.25, 0.3) is 0 Å². The molecular weight excluding hydrogens is 259 g/mol. The number of carbonyl (C=O) groups is 1. The van der Waals surface area contributed by atoms with Crippen molar-refractivity contribution >= 4 is 17.3 Å². The number of nitrogens with one attached hydrogen (secondary N) is 1. The number of halogens is 1. The van der Waals surface area contributed by atoms with E-state index in [2.05, 4.69) is 5.32 Å². The second kappa shape index (κ2) is 7.24. The molecule has 1 saturated carbocycles. The van der Waals surface area contributed by atoms with E-state index in [9.17, 15) is 9.18 Å². The summed E-state index contributed by atoms with van der Waals surface area (Å²) >= 11 is 0. The Morgan fingerprint density at radius 3 is 2.70 bits per heavy atom. The van der Waals surface area contributed by atoms with Crippen LogP contribution in [0.5, 0.6) is 0 Å². The first-order chi connectivity index (χ1) is 9.65. The third-order valence-electron chi connectivity index (χ3n) is 3.54. The van der Waals surface area contributed by atoms with E-state index >= 15 is 0 Å². The fraction of sp³-hybridized carbons (Fsp3) is 0.533. The number of anilines is 2. The van der Waals surface area contributed by atoms with Gasteiger partial charge in [-0.25, -0.2) is 4.39 Å². The maximum absolute atomic E-state index is 13.1. The van der Waals surface area contributed by atoms with Crippen molar-refractivity contribution in [2.24, 2.45) is 0 Å². The standard InChI is InChI=1S/C15H21FN2O2/c16-11-7-8-13(17)14(9-11)18-15(19)10-20-12-5-3-1-2-4-6-12/h7-9,12H,1-6,10,17H2,(H,18,19). The molecule has 5 heteroatoms. The Morgan fingerprint density at radius 2 is 2.00 bits per heavy atom. The number of hydrogen-bond donors (Lipinski definition) is 2. The molecule has 1 aliphatic carbocycles.